The highest BCUT2D eigenvalue weighted by molar-refractivity contribution is 5.92. The van der Waals surface area contributed by atoms with Crippen molar-refractivity contribution in [2.45, 2.75) is 12.6 Å². The smallest absolute Gasteiger partial charge is 0.390 e. The lowest BCUT2D eigenvalue weighted by molar-refractivity contribution is -0.168. The van der Waals surface area contributed by atoms with Crippen molar-refractivity contribution in [1.82, 2.24) is 5.32 Å². The topological polar surface area (TPSA) is 55.1 Å². The van der Waals surface area contributed by atoms with Crippen LogP contribution in [0.15, 0.2) is 11.8 Å². The maximum atomic E-state index is 12.3. The first kappa shape index (κ1) is 9.88. The second-order valence-electron chi connectivity index (χ2n) is 2.80. The summed E-state index contributed by atoms with van der Waals surface area (Å²) in [6.45, 7) is 0.209. The van der Waals surface area contributed by atoms with Crippen molar-refractivity contribution in [1.29, 1.82) is 0 Å². The van der Waals surface area contributed by atoms with Gasteiger partial charge in [0.2, 0.25) is 5.91 Å². The van der Waals surface area contributed by atoms with Crippen molar-refractivity contribution in [3.63, 3.8) is 0 Å². The van der Waals surface area contributed by atoms with E-state index in [-0.39, 0.29) is 13.0 Å². The van der Waals surface area contributed by atoms with Crippen LogP contribution in [0.4, 0.5) is 13.2 Å². The summed E-state index contributed by atoms with van der Waals surface area (Å²) in [5.41, 5.74) is 4.42. The average Bonchev–Trinajstić information content (AvgIpc) is 2.03. The number of nitrogens with two attached hydrogens (primary N) is 1. The van der Waals surface area contributed by atoms with Crippen molar-refractivity contribution in [2.24, 2.45) is 11.7 Å². The van der Waals surface area contributed by atoms with E-state index < -0.39 is 23.6 Å². The second-order valence-corrected chi connectivity index (χ2v) is 2.80. The Kier molecular flexibility index (Phi) is 2.49. The maximum absolute atomic E-state index is 12.3. The minimum atomic E-state index is -4.39. The zero-order valence-corrected chi connectivity index (χ0v) is 6.69. The van der Waals surface area contributed by atoms with Crippen molar-refractivity contribution >= 4 is 5.91 Å². The van der Waals surface area contributed by atoms with Gasteiger partial charge in [0.05, 0.1) is 5.92 Å². The van der Waals surface area contributed by atoms with E-state index in [1.165, 1.54) is 0 Å². The highest BCUT2D eigenvalue weighted by Gasteiger charge is 2.44. The van der Waals surface area contributed by atoms with E-state index in [0.717, 1.165) is 6.20 Å². The van der Waals surface area contributed by atoms with E-state index in [9.17, 15) is 18.0 Å². The van der Waals surface area contributed by atoms with E-state index in [1.807, 2.05) is 0 Å². The van der Waals surface area contributed by atoms with Gasteiger partial charge in [-0.05, 0) is 6.42 Å². The molecule has 1 aliphatic rings. The number of halogens is 3. The molecule has 0 aromatic rings. The number of hydrogen-bond acceptors (Lipinski definition) is 2. The Hall–Kier alpha value is -1.20. The number of carbonyl (C=O) groups is 1. The first-order chi connectivity index (χ1) is 5.93. The van der Waals surface area contributed by atoms with Crippen LogP contribution in [0.1, 0.15) is 6.42 Å². The SMILES string of the molecule is NC(=O)C1=CNCCC1C(F)(F)F. The molecule has 0 saturated heterocycles. The third-order valence-corrected chi connectivity index (χ3v) is 1.89. The van der Waals surface area contributed by atoms with E-state index in [0.29, 0.717) is 0 Å². The summed E-state index contributed by atoms with van der Waals surface area (Å²) >= 11 is 0. The fourth-order valence-electron chi connectivity index (χ4n) is 1.25. The average molecular weight is 194 g/mol. The molecule has 1 heterocycles. The number of primary amides is 1. The summed E-state index contributed by atoms with van der Waals surface area (Å²) in [6.07, 6.45) is -3.48. The minimum absolute atomic E-state index is 0.141. The molecule has 0 bridgehead atoms. The van der Waals surface area contributed by atoms with Crippen LogP contribution in [0.3, 0.4) is 0 Å². The van der Waals surface area contributed by atoms with Crippen LogP contribution >= 0.6 is 0 Å². The Balaban J connectivity index is 2.89. The molecule has 3 nitrogen and oxygen atoms in total. The molecule has 1 unspecified atom stereocenters. The molecule has 0 aromatic heterocycles. The summed E-state index contributed by atoms with van der Waals surface area (Å²) in [7, 11) is 0. The fourth-order valence-corrected chi connectivity index (χ4v) is 1.25. The highest BCUT2D eigenvalue weighted by Crippen LogP contribution is 2.35. The maximum Gasteiger partial charge on any atom is 0.396 e. The first-order valence-electron chi connectivity index (χ1n) is 3.73. The van der Waals surface area contributed by atoms with Gasteiger partial charge in [-0.2, -0.15) is 13.2 Å². The van der Waals surface area contributed by atoms with E-state index in [2.05, 4.69) is 5.32 Å². The molecule has 0 saturated carbocycles. The van der Waals surface area contributed by atoms with Crippen molar-refractivity contribution in [2.75, 3.05) is 6.54 Å². The van der Waals surface area contributed by atoms with Gasteiger partial charge in [-0.15, -0.1) is 0 Å². The largest absolute Gasteiger partial charge is 0.396 e. The lowest BCUT2D eigenvalue weighted by Crippen LogP contribution is -2.37. The quantitative estimate of drug-likeness (QED) is 0.639. The molecule has 0 radical (unpaired) electrons. The third kappa shape index (κ3) is 2.13. The molecule has 74 valence electrons. The molecule has 0 aliphatic carbocycles. The van der Waals surface area contributed by atoms with Gasteiger partial charge in [0.1, 0.15) is 0 Å². The van der Waals surface area contributed by atoms with E-state index in [1.54, 1.807) is 0 Å². The third-order valence-electron chi connectivity index (χ3n) is 1.89. The van der Waals surface area contributed by atoms with Crippen molar-refractivity contribution in [3.05, 3.63) is 11.8 Å². The van der Waals surface area contributed by atoms with Gasteiger partial charge in [-0.25, -0.2) is 0 Å². The lowest BCUT2D eigenvalue weighted by Gasteiger charge is -2.25. The van der Waals surface area contributed by atoms with Crippen molar-refractivity contribution < 1.29 is 18.0 Å². The summed E-state index contributed by atoms with van der Waals surface area (Å²) in [4.78, 5) is 10.6. The Morgan fingerprint density at radius 3 is 2.62 bits per heavy atom. The molecule has 1 amide bonds. The monoisotopic (exact) mass is 194 g/mol. The zero-order valence-electron chi connectivity index (χ0n) is 6.69. The van der Waals surface area contributed by atoms with E-state index >= 15 is 0 Å². The molecular formula is C7H9F3N2O. The van der Waals surface area contributed by atoms with Gasteiger partial charge >= 0.3 is 6.18 Å². The number of carbonyl (C=O) groups excluding carboxylic acids is 1. The van der Waals surface area contributed by atoms with Crippen LogP contribution in [-0.4, -0.2) is 18.6 Å². The molecular weight excluding hydrogens is 185 g/mol. The Morgan fingerprint density at radius 1 is 1.62 bits per heavy atom. The zero-order chi connectivity index (χ0) is 10.1. The number of alkyl halides is 3. The summed E-state index contributed by atoms with van der Waals surface area (Å²) in [5, 5.41) is 2.56. The number of hydrogen-bond donors (Lipinski definition) is 2. The second kappa shape index (κ2) is 3.27. The van der Waals surface area contributed by atoms with Gasteiger partial charge in [0.25, 0.3) is 0 Å². The van der Waals surface area contributed by atoms with Gasteiger partial charge in [-0.1, -0.05) is 0 Å². The van der Waals surface area contributed by atoms with Gasteiger partial charge in [0.15, 0.2) is 0 Å². The number of rotatable bonds is 1. The molecule has 1 rings (SSSR count). The van der Waals surface area contributed by atoms with Crippen LogP contribution in [-0.2, 0) is 4.79 Å². The molecule has 0 spiro atoms. The predicted octanol–water partition coefficient (Wildman–Crippen LogP) is 0.527. The number of nitrogens with one attached hydrogen (secondary N) is 1. The Labute approximate surface area is 72.8 Å². The van der Waals surface area contributed by atoms with Crippen LogP contribution in [0, 0.1) is 5.92 Å². The van der Waals surface area contributed by atoms with Crippen LogP contribution in [0.25, 0.3) is 0 Å². The molecule has 13 heavy (non-hydrogen) atoms. The fraction of sp³-hybridized carbons (Fsp3) is 0.571. The molecule has 6 heteroatoms. The van der Waals surface area contributed by atoms with Gasteiger partial charge < -0.3 is 11.1 Å². The molecule has 1 aliphatic heterocycles. The van der Waals surface area contributed by atoms with Crippen molar-refractivity contribution in [3.8, 4) is 0 Å². The van der Waals surface area contributed by atoms with Crippen LogP contribution in [0.5, 0.6) is 0 Å². The normalized spacial score (nSPS) is 23.3. The van der Waals surface area contributed by atoms with E-state index in [4.69, 9.17) is 5.73 Å². The molecule has 1 atom stereocenters. The molecule has 0 fully saturated rings. The Bertz CT molecular complexity index is 247. The summed E-state index contributed by atoms with van der Waals surface area (Å²) in [6, 6.07) is 0. The minimum Gasteiger partial charge on any atom is -0.390 e. The van der Waals surface area contributed by atoms with Gasteiger partial charge in [0, 0.05) is 18.3 Å². The standard InChI is InChI=1S/C7H9F3N2O/c8-7(9,10)5-1-2-12-3-4(5)6(11)13/h3,5,12H,1-2H2,(H2,11,13). The Morgan fingerprint density at radius 2 is 2.23 bits per heavy atom. The predicted molar refractivity (Wildman–Crippen MR) is 39.4 cm³/mol. The highest BCUT2D eigenvalue weighted by atomic mass is 19.4. The summed E-state index contributed by atoms with van der Waals surface area (Å²) in [5.74, 6) is -2.74. The summed E-state index contributed by atoms with van der Waals surface area (Å²) < 4.78 is 36.8. The molecule has 0 aromatic carbocycles. The number of amides is 1. The van der Waals surface area contributed by atoms with Gasteiger partial charge in [-0.3, -0.25) is 4.79 Å². The molecule has 3 N–H and O–H groups in total. The van der Waals surface area contributed by atoms with Crippen LogP contribution < -0.4 is 11.1 Å². The lowest BCUT2D eigenvalue weighted by atomic mass is 9.93. The van der Waals surface area contributed by atoms with Crippen LogP contribution in [0.2, 0.25) is 0 Å². The first-order valence-corrected chi connectivity index (χ1v) is 3.73.